The third-order valence-corrected chi connectivity index (χ3v) is 3.50. The Morgan fingerprint density at radius 2 is 2.00 bits per heavy atom. The van der Waals surface area contributed by atoms with E-state index in [9.17, 15) is 0 Å². The highest BCUT2D eigenvalue weighted by atomic mass is 79.9. The Morgan fingerprint density at radius 3 is 2.69 bits per heavy atom. The van der Waals surface area contributed by atoms with E-state index in [2.05, 4.69) is 20.9 Å². The summed E-state index contributed by atoms with van der Waals surface area (Å²) in [6.07, 6.45) is 1.75. The maximum Gasteiger partial charge on any atom is 0.0747 e. The van der Waals surface area contributed by atoms with Crippen molar-refractivity contribution in [2.45, 2.75) is 6.92 Å². The van der Waals surface area contributed by atoms with Gasteiger partial charge in [-0.05, 0) is 40.5 Å². The van der Waals surface area contributed by atoms with Gasteiger partial charge in [0.15, 0.2) is 0 Å². The first kappa shape index (κ1) is 11.9. The van der Waals surface area contributed by atoms with Crippen molar-refractivity contribution in [1.82, 2.24) is 4.98 Å². The third-order valence-electron chi connectivity index (χ3n) is 2.25. The van der Waals surface area contributed by atoms with Crippen molar-refractivity contribution in [3.8, 4) is 11.3 Å². The fourth-order valence-corrected chi connectivity index (χ4v) is 2.34. The molecule has 0 saturated heterocycles. The van der Waals surface area contributed by atoms with Crippen LogP contribution in [0.1, 0.15) is 5.56 Å². The SMILES string of the molecule is Cc1cc(Br)cnc1-c1cccc(Cl)c1Cl. The summed E-state index contributed by atoms with van der Waals surface area (Å²) >= 11 is 15.5. The summed E-state index contributed by atoms with van der Waals surface area (Å²) in [5.41, 5.74) is 2.77. The van der Waals surface area contributed by atoms with Crippen LogP contribution in [0.3, 0.4) is 0 Å². The molecule has 1 aromatic carbocycles. The van der Waals surface area contributed by atoms with Gasteiger partial charge in [-0.15, -0.1) is 0 Å². The number of rotatable bonds is 1. The zero-order valence-electron chi connectivity index (χ0n) is 8.47. The first-order chi connectivity index (χ1) is 7.59. The molecule has 0 spiro atoms. The van der Waals surface area contributed by atoms with Crippen molar-refractivity contribution in [3.05, 3.63) is 50.5 Å². The summed E-state index contributed by atoms with van der Waals surface area (Å²) in [6, 6.07) is 7.55. The van der Waals surface area contributed by atoms with E-state index in [1.165, 1.54) is 0 Å². The lowest BCUT2D eigenvalue weighted by atomic mass is 10.1. The number of aryl methyl sites for hydroxylation is 1. The van der Waals surface area contributed by atoms with E-state index in [1.807, 2.05) is 25.1 Å². The second-order valence-corrected chi connectivity index (χ2v) is 5.12. The first-order valence-corrected chi connectivity index (χ1v) is 6.21. The number of nitrogens with zero attached hydrogens (tertiary/aromatic N) is 1. The lowest BCUT2D eigenvalue weighted by Crippen LogP contribution is -1.89. The quantitative estimate of drug-likeness (QED) is 0.711. The maximum absolute atomic E-state index is 6.16. The Morgan fingerprint density at radius 1 is 1.25 bits per heavy atom. The molecule has 0 aliphatic carbocycles. The maximum atomic E-state index is 6.16. The number of pyridine rings is 1. The van der Waals surface area contributed by atoms with Gasteiger partial charge in [0.05, 0.1) is 15.7 Å². The monoisotopic (exact) mass is 315 g/mol. The smallest absolute Gasteiger partial charge is 0.0747 e. The Labute approximate surface area is 113 Å². The summed E-state index contributed by atoms with van der Waals surface area (Å²) in [6.45, 7) is 1.99. The van der Waals surface area contributed by atoms with E-state index in [1.54, 1.807) is 12.3 Å². The number of halogens is 3. The van der Waals surface area contributed by atoms with Gasteiger partial charge in [-0.2, -0.15) is 0 Å². The molecular weight excluding hydrogens is 309 g/mol. The molecule has 0 saturated carbocycles. The number of hydrogen-bond acceptors (Lipinski definition) is 1. The Kier molecular flexibility index (Phi) is 3.53. The van der Waals surface area contributed by atoms with Gasteiger partial charge < -0.3 is 0 Å². The summed E-state index contributed by atoms with van der Waals surface area (Å²) in [4.78, 5) is 4.36. The second-order valence-electron chi connectivity index (χ2n) is 3.42. The van der Waals surface area contributed by atoms with E-state index in [0.717, 1.165) is 21.3 Å². The lowest BCUT2D eigenvalue weighted by Gasteiger charge is -2.08. The molecule has 1 aromatic heterocycles. The molecule has 0 aliphatic rings. The molecule has 2 aromatic rings. The van der Waals surface area contributed by atoms with Crippen molar-refractivity contribution in [1.29, 1.82) is 0 Å². The van der Waals surface area contributed by atoms with Crippen LogP contribution in [0.25, 0.3) is 11.3 Å². The highest BCUT2D eigenvalue weighted by molar-refractivity contribution is 9.10. The van der Waals surface area contributed by atoms with Crippen LogP contribution >= 0.6 is 39.1 Å². The molecule has 1 heterocycles. The van der Waals surface area contributed by atoms with Gasteiger partial charge >= 0.3 is 0 Å². The van der Waals surface area contributed by atoms with Crippen molar-refractivity contribution in [3.63, 3.8) is 0 Å². The van der Waals surface area contributed by atoms with Crippen molar-refractivity contribution >= 4 is 39.1 Å². The van der Waals surface area contributed by atoms with Crippen LogP contribution in [0.4, 0.5) is 0 Å². The number of benzene rings is 1. The molecule has 0 atom stereocenters. The average molecular weight is 317 g/mol. The number of hydrogen-bond donors (Lipinski definition) is 0. The molecule has 16 heavy (non-hydrogen) atoms. The van der Waals surface area contributed by atoms with Crippen LogP contribution in [0.5, 0.6) is 0 Å². The molecule has 82 valence electrons. The highest BCUT2D eigenvalue weighted by Crippen LogP contribution is 2.34. The van der Waals surface area contributed by atoms with E-state index in [4.69, 9.17) is 23.2 Å². The van der Waals surface area contributed by atoms with Gasteiger partial charge in [-0.1, -0.05) is 35.3 Å². The first-order valence-electron chi connectivity index (χ1n) is 4.66. The highest BCUT2D eigenvalue weighted by Gasteiger charge is 2.10. The van der Waals surface area contributed by atoms with Gasteiger partial charge in [0.1, 0.15) is 0 Å². The summed E-state index contributed by atoms with van der Waals surface area (Å²) in [5, 5.41) is 1.09. The molecule has 1 nitrogen and oxygen atoms in total. The Balaban J connectivity index is 2.63. The fourth-order valence-electron chi connectivity index (χ4n) is 1.51. The molecule has 0 radical (unpaired) electrons. The van der Waals surface area contributed by atoms with Crippen LogP contribution < -0.4 is 0 Å². The summed E-state index contributed by atoms with van der Waals surface area (Å²) in [5.74, 6) is 0. The minimum atomic E-state index is 0.544. The predicted octanol–water partition coefficient (Wildman–Crippen LogP) is 5.13. The minimum Gasteiger partial charge on any atom is -0.255 e. The van der Waals surface area contributed by atoms with E-state index in [0.29, 0.717) is 10.0 Å². The zero-order valence-corrected chi connectivity index (χ0v) is 11.6. The number of aromatic nitrogens is 1. The Bertz CT molecular complexity index is 541. The minimum absolute atomic E-state index is 0.544. The van der Waals surface area contributed by atoms with E-state index in [-0.39, 0.29) is 0 Å². The molecule has 4 heteroatoms. The van der Waals surface area contributed by atoms with Gasteiger partial charge in [0.2, 0.25) is 0 Å². The third kappa shape index (κ3) is 2.24. The van der Waals surface area contributed by atoms with Crippen molar-refractivity contribution < 1.29 is 0 Å². The standard InChI is InChI=1S/C12H8BrCl2N/c1-7-5-8(13)6-16-12(7)9-3-2-4-10(14)11(9)15/h2-6H,1H3. The Hall–Kier alpha value is -0.570. The van der Waals surface area contributed by atoms with Crippen molar-refractivity contribution in [2.75, 3.05) is 0 Å². The van der Waals surface area contributed by atoms with Crippen LogP contribution in [-0.2, 0) is 0 Å². The molecule has 0 bridgehead atoms. The van der Waals surface area contributed by atoms with Crippen LogP contribution in [-0.4, -0.2) is 4.98 Å². The van der Waals surface area contributed by atoms with Crippen LogP contribution in [0, 0.1) is 6.92 Å². The van der Waals surface area contributed by atoms with Crippen LogP contribution in [0.2, 0.25) is 10.0 Å². The van der Waals surface area contributed by atoms with Gasteiger partial charge in [0.25, 0.3) is 0 Å². The summed E-state index contributed by atoms with van der Waals surface area (Å²) in [7, 11) is 0. The van der Waals surface area contributed by atoms with Gasteiger partial charge in [0, 0.05) is 16.2 Å². The molecule has 0 fully saturated rings. The second kappa shape index (κ2) is 4.74. The van der Waals surface area contributed by atoms with Crippen LogP contribution in [0.15, 0.2) is 34.9 Å². The van der Waals surface area contributed by atoms with Crippen molar-refractivity contribution in [2.24, 2.45) is 0 Å². The molecule has 0 amide bonds. The molecular formula is C12H8BrCl2N. The largest absolute Gasteiger partial charge is 0.255 e. The average Bonchev–Trinajstić information content (AvgIpc) is 2.23. The van der Waals surface area contributed by atoms with Gasteiger partial charge in [-0.3, -0.25) is 4.98 Å². The molecule has 2 rings (SSSR count). The predicted molar refractivity (Wildman–Crippen MR) is 72.1 cm³/mol. The fraction of sp³-hybridized carbons (Fsp3) is 0.0833. The molecule has 0 unspecified atom stereocenters. The summed E-state index contributed by atoms with van der Waals surface area (Å²) < 4.78 is 0.951. The van der Waals surface area contributed by atoms with Gasteiger partial charge in [-0.25, -0.2) is 0 Å². The van der Waals surface area contributed by atoms with E-state index >= 15 is 0 Å². The zero-order chi connectivity index (χ0) is 11.7. The van der Waals surface area contributed by atoms with E-state index < -0.39 is 0 Å². The molecule has 0 aliphatic heterocycles. The topological polar surface area (TPSA) is 12.9 Å². The normalized spacial score (nSPS) is 10.5. The lowest BCUT2D eigenvalue weighted by molar-refractivity contribution is 1.25. The molecule has 0 N–H and O–H groups in total.